The minimum absolute atomic E-state index is 0.0510. The molecule has 0 N–H and O–H groups in total. The molecule has 2 rings (SSSR count). The molecule has 0 radical (unpaired) electrons. The van der Waals surface area contributed by atoms with E-state index in [0.29, 0.717) is 0 Å². The Labute approximate surface area is 142 Å². The van der Waals surface area contributed by atoms with Crippen molar-refractivity contribution in [2.24, 2.45) is 0 Å². The lowest BCUT2D eigenvalue weighted by atomic mass is 9.98. The van der Waals surface area contributed by atoms with Crippen LogP contribution in [-0.2, 0) is 0 Å². The van der Waals surface area contributed by atoms with Crippen LogP contribution in [0.25, 0.3) is 0 Å². The molecule has 0 aromatic heterocycles. The zero-order valence-electron chi connectivity index (χ0n) is 12.5. The maximum absolute atomic E-state index is 5.52. The van der Waals surface area contributed by atoms with E-state index in [0.717, 1.165) is 21.5 Å². The highest BCUT2D eigenvalue weighted by atomic mass is 79.9. The summed E-state index contributed by atoms with van der Waals surface area (Å²) in [5, 5.41) is 0. The standard InChI is InChI=1S/C17H18Br2O2/c1-10-5-6-12(11(2)7-10)17(19)13-8-16(21-4)14(18)9-15(13)20-3/h5-9,17H,1-4H3. The van der Waals surface area contributed by atoms with Crippen LogP contribution in [0, 0.1) is 13.8 Å². The van der Waals surface area contributed by atoms with E-state index in [9.17, 15) is 0 Å². The van der Waals surface area contributed by atoms with Gasteiger partial charge in [-0.15, -0.1) is 0 Å². The van der Waals surface area contributed by atoms with E-state index >= 15 is 0 Å². The lowest BCUT2D eigenvalue weighted by Gasteiger charge is -2.19. The third kappa shape index (κ3) is 3.43. The smallest absolute Gasteiger partial charge is 0.133 e. The van der Waals surface area contributed by atoms with E-state index in [1.807, 2.05) is 12.1 Å². The van der Waals surface area contributed by atoms with Gasteiger partial charge in [-0.2, -0.15) is 0 Å². The van der Waals surface area contributed by atoms with Gasteiger partial charge in [-0.25, -0.2) is 0 Å². The van der Waals surface area contributed by atoms with Gasteiger partial charge in [0.05, 0.1) is 23.5 Å². The summed E-state index contributed by atoms with van der Waals surface area (Å²) in [5.41, 5.74) is 4.78. The van der Waals surface area contributed by atoms with Gasteiger partial charge in [0.2, 0.25) is 0 Å². The molecular formula is C17H18Br2O2. The van der Waals surface area contributed by atoms with Crippen molar-refractivity contribution in [2.45, 2.75) is 18.7 Å². The second-order valence-corrected chi connectivity index (χ2v) is 6.72. The molecule has 4 heteroatoms. The van der Waals surface area contributed by atoms with E-state index in [2.05, 4.69) is 63.9 Å². The zero-order valence-corrected chi connectivity index (χ0v) is 15.7. The van der Waals surface area contributed by atoms with Crippen LogP contribution in [0.15, 0.2) is 34.8 Å². The number of aryl methyl sites for hydroxylation is 2. The number of benzene rings is 2. The van der Waals surface area contributed by atoms with E-state index in [1.54, 1.807) is 14.2 Å². The molecule has 0 fully saturated rings. The topological polar surface area (TPSA) is 18.5 Å². The van der Waals surface area contributed by atoms with Crippen LogP contribution < -0.4 is 9.47 Å². The van der Waals surface area contributed by atoms with Crippen molar-refractivity contribution in [2.75, 3.05) is 14.2 Å². The van der Waals surface area contributed by atoms with Crippen LogP contribution in [0.5, 0.6) is 11.5 Å². The molecule has 1 unspecified atom stereocenters. The van der Waals surface area contributed by atoms with Gasteiger partial charge in [0.15, 0.2) is 0 Å². The zero-order chi connectivity index (χ0) is 15.6. The minimum atomic E-state index is 0.0510. The Hall–Kier alpha value is -1.00. The first-order valence-electron chi connectivity index (χ1n) is 6.60. The Kier molecular flexibility index (Phi) is 5.33. The van der Waals surface area contributed by atoms with Gasteiger partial charge in [-0.1, -0.05) is 39.7 Å². The molecule has 2 aromatic carbocycles. The van der Waals surface area contributed by atoms with Gasteiger partial charge in [0.25, 0.3) is 0 Å². The van der Waals surface area contributed by atoms with E-state index in [1.165, 1.54) is 16.7 Å². The molecule has 0 aliphatic rings. The highest BCUT2D eigenvalue weighted by Crippen LogP contribution is 2.42. The van der Waals surface area contributed by atoms with Crippen molar-refractivity contribution in [1.82, 2.24) is 0 Å². The normalized spacial score (nSPS) is 12.1. The molecule has 112 valence electrons. The SMILES string of the molecule is COc1cc(C(Br)c2ccc(C)cc2C)c(OC)cc1Br. The number of methoxy groups -OCH3 is 2. The van der Waals surface area contributed by atoms with Crippen LogP contribution >= 0.6 is 31.9 Å². The predicted octanol–water partition coefficient (Wildman–Crippen LogP) is 5.57. The lowest BCUT2D eigenvalue weighted by molar-refractivity contribution is 0.397. The number of rotatable bonds is 4. The quantitative estimate of drug-likeness (QED) is 0.610. The van der Waals surface area contributed by atoms with Crippen molar-refractivity contribution in [1.29, 1.82) is 0 Å². The summed E-state index contributed by atoms with van der Waals surface area (Å²) in [6.07, 6.45) is 0. The van der Waals surface area contributed by atoms with E-state index in [4.69, 9.17) is 9.47 Å². The van der Waals surface area contributed by atoms with Gasteiger partial charge >= 0.3 is 0 Å². The maximum atomic E-state index is 5.52. The molecular weight excluding hydrogens is 396 g/mol. The third-order valence-corrected chi connectivity index (χ3v) is 5.08. The monoisotopic (exact) mass is 412 g/mol. The predicted molar refractivity (Wildman–Crippen MR) is 93.9 cm³/mol. The highest BCUT2D eigenvalue weighted by molar-refractivity contribution is 9.10. The second kappa shape index (κ2) is 6.84. The summed E-state index contributed by atoms with van der Waals surface area (Å²) >= 11 is 7.29. The van der Waals surface area contributed by atoms with Crippen LogP contribution in [0.2, 0.25) is 0 Å². The van der Waals surface area contributed by atoms with Crippen LogP contribution in [0.4, 0.5) is 0 Å². The van der Waals surface area contributed by atoms with Crippen LogP contribution in [0.3, 0.4) is 0 Å². The maximum Gasteiger partial charge on any atom is 0.133 e. The summed E-state index contributed by atoms with van der Waals surface area (Å²) in [4.78, 5) is 0.0510. The molecule has 0 heterocycles. The summed E-state index contributed by atoms with van der Waals surface area (Å²) in [6, 6.07) is 10.4. The Morgan fingerprint density at radius 3 is 2.14 bits per heavy atom. The number of ether oxygens (including phenoxy) is 2. The Morgan fingerprint density at radius 1 is 0.905 bits per heavy atom. The fourth-order valence-electron chi connectivity index (χ4n) is 2.36. The number of hydrogen-bond acceptors (Lipinski definition) is 2. The minimum Gasteiger partial charge on any atom is -0.496 e. The molecule has 0 aliphatic heterocycles. The fourth-order valence-corrected chi connectivity index (χ4v) is 3.72. The molecule has 0 spiro atoms. The molecule has 2 aromatic rings. The van der Waals surface area contributed by atoms with Crippen molar-refractivity contribution in [3.8, 4) is 11.5 Å². The van der Waals surface area contributed by atoms with Gasteiger partial charge in [-0.05, 0) is 53.0 Å². The number of halogens is 2. The first-order valence-corrected chi connectivity index (χ1v) is 8.31. The van der Waals surface area contributed by atoms with Crippen molar-refractivity contribution in [3.63, 3.8) is 0 Å². The van der Waals surface area contributed by atoms with Gasteiger partial charge in [-0.3, -0.25) is 0 Å². The highest BCUT2D eigenvalue weighted by Gasteiger charge is 2.19. The van der Waals surface area contributed by atoms with Gasteiger partial charge in [0.1, 0.15) is 11.5 Å². The summed E-state index contributed by atoms with van der Waals surface area (Å²) in [6.45, 7) is 4.22. The van der Waals surface area contributed by atoms with E-state index in [-0.39, 0.29) is 4.83 Å². The third-order valence-electron chi connectivity index (χ3n) is 3.48. The summed E-state index contributed by atoms with van der Waals surface area (Å²) in [5.74, 6) is 1.62. The van der Waals surface area contributed by atoms with Gasteiger partial charge < -0.3 is 9.47 Å². The van der Waals surface area contributed by atoms with Crippen molar-refractivity contribution >= 4 is 31.9 Å². The molecule has 21 heavy (non-hydrogen) atoms. The molecule has 2 nitrogen and oxygen atoms in total. The molecule has 0 saturated heterocycles. The average Bonchev–Trinajstić information content (AvgIpc) is 2.46. The lowest BCUT2D eigenvalue weighted by Crippen LogP contribution is -2.01. The molecule has 0 aliphatic carbocycles. The second-order valence-electron chi connectivity index (χ2n) is 4.95. The van der Waals surface area contributed by atoms with Gasteiger partial charge in [0, 0.05) is 5.56 Å². The molecule has 0 amide bonds. The van der Waals surface area contributed by atoms with Crippen LogP contribution in [-0.4, -0.2) is 14.2 Å². The van der Waals surface area contributed by atoms with E-state index < -0.39 is 0 Å². The Bertz CT molecular complexity index is 653. The average molecular weight is 414 g/mol. The largest absolute Gasteiger partial charge is 0.496 e. The van der Waals surface area contributed by atoms with Crippen molar-refractivity contribution < 1.29 is 9.47 Å². The summed E-state index contributed by atoms with van der Waals surface area (Å²) in [7, 11) is 3.34. The fraction of sp³-hybridized carbons (Fsp3) is 0.294. The Morgan fingerprint density at radius 2 is 1.57 bits per heavy atom. The number of hydrogen-bond donors (Lipinski definition) is 0. The van der Waals surface area contributed by atoms with Crippen molar-refractivity contribution in [3.05, 3.63) is 57.1 Å². The Balaban J connectivity index is 2.53. The first-order chi connectivity index (χ1) is 9.97. The number of alkyl halides is 1. The first kappa shape index (κ1) is 16.4. The molecule has 0 bridgehead atoms. The summed E-state index contributed by atoms with van der Waals surface area (Å²) < 4.78 is 11.8. The molecule has 1 atom stereocenters. The van der Waals surface area contributed by atoms with Crippen LogP contribution in [0.1, 0.15) is 27.1 Å². The molecule has 0 saturated carbocycles.